The fraction of sp³-hybridized carbons (Fsp3) is 0.417. The molecule has 2 rings (SSSR count). The van der Waals surface area contributed by atoms with Crippen LogP contribution in [0.25, 0.3) is 0 Å². The second kappa shape index (κ2) is 6.31. The zero-order valence-electron chi connectivity index (χ0n) is 11.0. The minimum Gasteiger partial charge on any atom is -0.384 e. The summed E-state index contributed by atoms with van der Waals surface area (Å²) in [5, 5.41) is 15.9. The van der Waals surface area contributed by atoms with E-state index in [1.54, 1.807) is 7.11 Å². The van der Waals surface area contributed by atoms with Crippen LogP contribution in [0, 0.1) is 0 Å². The summed E-state index contributed by atoms with van der Waals surface area (Å²) in [5.74, 6) is -0.380. The van der Waals surface area contributed by atoms with Gasteiger partial charge in [0.15, 0.2) is 6.23 Å². The number of nitrogens with zero attached hydrogens (tertiary/aromatic N) is 1. The molecule has 20 heavy (non-hydrogen) atoms. The van der Waals surface area contributed by atoms with Crippen molar-refractivity contribution in [1.29, 1.82) is 0 Å². The number of ether oxygens (including phenoxy) is 1. The fourth-order valence-corrected chi connectivity index (χ4v) is 2.62. The largest absolute Gasteiger partial charge is 0.384 e. The topological polar surface area (TPSA) is 102 Å². The lowest BCUT2D eigenvalue weighted by Crippen LogP contribution is -2.21. The normalized spacial score (nSPS) is 16.1. The second-order valence-electron chi connectivity index (χ2n) is 4.01. The number of carbonyl (C=O) groups excluding carboxylic acids is 2. The van der Waals surface area contributed by atoms with E-state index >= 15 is 0 Å². The predicted molar refractivity (Wildman–Crippen MR) is 71.6 cm³/mol. The Bertz CT molecular complexity index is 566. The summed E-state index contributed by atoms with van der Waals surface area (Å²) >= 11 is 1.22. The molecule has 0 bridgehead atoms. The summed E-state index contributed by atoms with van der Waals surface area (Å²) in [6, 6.07) is 0. The van der Waals surface area contributed by atoms with Gasteiger partial charge in [-0.15, -0.1) is 11.8 Å². The van der Waals surface area contributed by atoms with Gasteiger partial charge in [-0.1, -0.05) is 5.16 Å². The smallest absolute Gasteiger partial charge is 0.225 e. The number of thioether (sulfide) groups is 1. The number of hydrogen-bond acceptors (Lipinski definition) is 8. The first-order valence-corrected chi connectivity index (χ1v) is 6.86. The van der Waals surface area contributed by atoms with Gasteiger partial charge in [-0.2, -0.15) is 0 Å². The summed E-state index contributed by atoms with van der Waals surface area (Å²) in [6.07, 6.45) is 0.0636. The van der Waals surface area contributed by atoms with Crippen molar-refractivity contribution < 1.29 is 24.0 Å². The fourth-order valence-electron chi connectivity index (χ4n) is 1.73. The highest BCUT2D eigenvalue weighted by molar-refractivity contribution is 8.04. The number of methoxy groups -OCH3 is 1. The van der Waals surface area contributed by atoms with Crippen molar-refractivity contribution in [3.63, 3.8) is 0 Å². The van der Waals surface area contributed by atoms with E-state index in [0.717, 1.165) is 0 Å². The number of ketones is 2. The van der Waals surface area contributed by atoms with Crippen molar-refractivity contribution in [2.75, 3.05) is 26.5 Å². The molecule has 7 nitrogen and oxygen atoms in total. The van der Waals surface area contributed by atoms with E-state index in [1.807, 2.05) is 0 Å². The minimum absolute atomic E-state index is 0.0267. The van der Waals surface area contributed by atoms with Gasteiger partial charge in [0.05, 0.1) is 11.5 Å². The van der Waals surface area contributed by atoms with Crippen LogP contribution in [0.5, 0.6) is 0 Å². The molecule has 1 unspecified atom stereocenters. The van der Waals surface area contributed by atoms with Crippen LogP contribution < -0.4 is 5.32 Å². The number of hydrogen-bond donors (Lipinski definition) is 2. The molecular weight excluding hydrogens is 284 g/mol. The summed E-state index contributed by atoms with van der Waals surface area (Å²) in [4.78, 5) is 24.5. The van der Waals surface area contributed by atoms with E-state index in [0.29, 0.717) is 17.3 Å². The molecule has 0 saturated heterocycles. The molecular formula is C12H14N2O5S. The molecule has 0 fully saturated rings. The predicted octanol–water partition coefficient (Wildman–Crippen LogP) is 0.527. The number of aromatic nitrogens is 1. The molecule has 0 saturated carbocycles. The number of rotatable bonds is 6. The first kappa shape index (κ1) is 14.9. The Morgan fingerprint density at radius 3 is 2.95 bits per heavy atom. The van der Waals surface area contributed by atoms with E-state index in [1.165, 1.54) is 24.9 Å². The maximum atomic E-state index is 12.3. The lowest BCUT2D eigenvalue weighted by molar-refractivity contribution is 0.0966. The van der Waals surface area contributed by atoms with Crippen molar-refractivity contribution in [1.82, 2.24) is 10.5 Å². The van der Waals surface area contributed by atoms with Crippen molar-refractivity contribution in [3.8, 4) is 0 Å². The Morgan fingerprint density at radius 2 is 2.30 bits per heavy atom. The number of aliphatic hydroxyl groups excluding tert-OH is 1. The molecule has 0 aromatic carbocycles. The van der Waals surface area contributed by atoms with Gasteiger partial charge >= 0.3 is 0 Å². The zero-order valence-corrected chi connectivity index (χ0v) is 11.8. The first-order valence-electron chi connectivity index (χ1n) is 5.87. The monoisotopic (exact) mass is 298 g/mol. The lowest BCUT2D eigenvalue weighted by Gasteiger charge is -2.12. The van der Waals surface area contributed by atoms with Crippen LogP contribution in [-0.4, -0.2) is 48.3 Å². The molecule has 0 aliphatic heterocycles. The Hall–Kier alpha value is -1.48. The molecule has 1 heterocycles. The maximum absolute atomic E-state index is 12.3. The zero-order chi connectivity index (χ0) is 14.7. The molecule has 2 N–H and O–H groups in total. The number of carbonyl (C=O) groups is 2. The van der Waals surface area contributed by atoms with Crippen LogP contribution in [-0.2, 0) is 4.74 Å². The van der Waals surface area contributed by atoms with E-state index in [4.69, 9.17) is 9.26 Å². The number of aliphatic hydroxyl groups is 1. The van der Waals surface area contributed by atoms with E-state index in [2.05, 4.69) is 10.5 Å². The van der Waals surface area contributed by atoms with Gasteiger partial charge in [0.2, 0.25) is 17.3 Å². The number of allylic oxidation sites excluding steroid dienone is 2. The Balaban J connectivity index is 2.30. The van der Waals surface area contributed by atoms with Crippen molar-refractivity contribution >= 4 is 23.3 Å². The Morgan fingerprint density at radius 1 is 1.55 bits per heavy atom. The molecule has 1 atom stereocenters. The summed E-state index contributed by atoms with van der Waals surface area (Å²) in [6.45, 7) is 0.464. The molecule has 0 amide bonds. The van der Waals surface area contributed by atoms with Crippen LogP contribution in [0.15, 0.2) is 15.5 Å². The third kappa shape index (κ3) is 2.68. The van der Waals surface area contributed by atoms with Gasteiger partial charge in [-0.25, -0.2) is 0 Å². The Labute approximate surface area is 119 Å². The summed E-state index contributed by atoms with van der Waals surface area (Å²) in [7, 11) is 3.06. The number of nitrogens with one attached hydrogen (secondary N) is 1. The summed E-state index contributed by atoms with van der Waals surface area (Å²) in [5.41, 5.74) is 0.0538. The second-order valence-corrected chi connectivity index (χ2v) is 5.14. The molecule has 1 aromatic heterocycles. The molecule has 0 radical (unpaired) electrons. The van der Waals surface area contributed by atoms with Gasteiger partial charge < -0.3 is 14.4 Å². The van der Waals surface area contributed by atoms with E-state index in [-0.39, 0.29) is 22.8 Å². The summed E-state index contributed by atoms with van der Waals surface area (Å²) < 4.78 is 9.77. The van der Waals surface area contributed by atoms with Crippen LogP contribution in [0.2, 0.25) is 0 Å². The first-order chi connectivity index (χ1) is 9.60. The van der Waals surface area contributed by atoms with Crippen molar-refractivity contribution in [2.24, 2.45) is 0 Å². The molecule has 1 aromatic rings. The molecule has 1 aliphatic carbocycles. The van der Waals surface area contributed by atoms with E-state index in [9.17, 15) is 14.7 Å². The van der Waals surface area contributed by atoms with Crippen LogP contribution in [0.4, 0.5) is 0 Å². The lowest BCUT2D eigenvalue weighted by atomic mass is 9.99. The minimum atomic E-state index is -1.16. The average molecular weight is 298 g/mol. The average Bonchev–Trinajstić information content (AvgIpc) is 2.89. The van der Waals surface area contributed by atoms with Crippen LogP contribution in [0.3, 0.4) is 0 Å². The molecule has 0 spiro atoms. The van der Waals surface area contributed by atoms with E-state index < -0.39 is 12.0 Å². The quantitative estimate of drug-likeness (QED) is 0.579. The molecule has 8 heteroatoms. The van der Waals surface area contributed by atoms with Gasteiger partial charge in [0.1, 0.15) is 11.3 Å². The highest BCUT2D eigenvalue weighted by atomic mass is 32.2. The highest BCUT2D eigenvalue weighted by Gasteiger charge is 2.35. The van der Waals surface area contributed by atoms with Crippen molar-refractivity contribution in [3.05, 3.63) is 28.0 Å². The van der Waals surface area contributed by atoms with Gasteiger partial charge in [0.25, 0.3) is 0 Å². The van der Waals surface area contributed by atoms with Crippen molar-refractivity contribution in [2.45, 2.75) is 6.23 Å². The maximum Gasteiger partial charge on any atom is 0.225 e. The van der Waals surface area contributed by atoms with Gasteiger partial charge in [-0.3, -0.25) is 14.9 Å². The SMILES string of the molecule is CNC(O)c1noc2c1C(=O)C(SCCOC)=CC2=O. The highest BCUT2D eigenvalue weighted by Crippen LogP contribution is 2.31. The Kier molecular flexibility index (Phi) is 4.71. The van der Waals surface area contributed by atoms with Gasteiger partial charge in [-0.05, 0) is 7.05 Å². The molecule has 1 aliphatic rings. The van der Waals surface area contributed by atoms with Crippen LogP contribution in [0.1, 0.15) is 32.8 Å². The standard InChI is InChI=1S/C12H14N2O5S/c1-13-12(17)9-8-10(16)7(20-4-3-18-2)5-6(15)11(8)19-14-9/h5,12-13,17H,3-4H2,1-2H3. The number of Topliss-reactive ketones (excluding diaryl/α,β-unsaturated/α-hetero) is 1. The third-order valence-corrected chi connectivity index (χ3v) is 3.72. The van der Waals surface area contributed by atoms with Gasteiger partial charge in [0, 0.05) is 18.9 Å². The number of fused-ring (bicyclic) bond motifs is 1. The third-order valence-electron chi connectivity index (χ3n) is 2.73. The van der Waals surface area contributed by atoms with Crippen LogP contribution >= 0.6 is 11.8 Å². The molecule has 108 valence electrons.